The molecule has 7 rings (SSSR count). The van der Waals surface area contributed by atoms with E-state index >= 15 is 0 Å². The summed E-state index contributed by atoms with van der Waals surface area (Å²) in [7, 11) is -7.72. The molecule has 2 aliphatic rings. The fourth-order valence-electron chi connectivity index (χ4n) is 6.31. The number of fused-ring (bicyclic) bond motifs is 5. The van der Waals surface area contributed by atoms with Gasteiger partial charge in [0.25, 0.3) is 20.1 Å². The molecule has 2 aliphatic carbocycles. The quantitative estimate of drug-likeness (QED) is 0.295. The van der Waals surface area contributed by atoms with Crippen LogP contribution in [0.25, 0.3) is 22.1 Å². The van der Waals surface area contributed by atoms with Gasteiger partial charge in [-0.05, 0) is 75.3 Å². The summed E-state index contributed by atoms with van der Waals surface area (Å²) < 4.78 is 59.6. The second-order valence-corrected chi connectivity index (χ2v) is 14.0. The minimum atomic E-state index is -4.02. The molecule has 12 heteroatoms. The summed E-state index contributed by atoms with van der Waals surface area (Å²) in [5, 5.41) is 0.852. The molecule has 0 radical (unpaired) electrons. The third kappa shape index (κ3) is 5.16. The highest BCUT2D eigenvalue weighted by molar-refractivity contribution is 7.90. The van der Waals surface area contributed by atoms with E-state index in [-0.39, 0.29) is 15.3 Å². The van der Waals surface area contributed by atoms with E-state index in [0.717, 1.165) is 33.7 Å². The lowest BCUT2D eigenvalue weighted by Crippen LogP contribution is -2.17. The van der Waals surface area contributed by atoms with E-state index in [0.29, 0.717) is 17.6 Å². The summed E-state index contributed by atoms with van der Waals surface area (Å²) in [6, 6.07) is 16.8. The number of aromatic nitrogens is 4. The molecule has 2 aromatic carbocycles. The van der Waals surface area contributed by atoms with Crippen LogP contribution in [0.4, 0.5) is 0 Å². The third-order valence-electron chi connectivity index (χ3n) is 8.16. The van der Waals surface area contributed by atoms with Crippen LogP contribution in [-0.4, -0.2) is 45.4 Å². The van der Waals surface area contributed by atoms with Gasteiger partial charge in [0.05, 0.1) is 21.5 Å². The molecule has 10 nitrogen and oxygen atoms in total. The molecular weight excluding hydrogens is 564 g/mol. The van der Waals surface area contributed by atoms with Gasteiger partial charge in [-0.1, -0.05) is 42.3 Å². The van der Waals surface area contributed by atoms with Gasteiger partial charge in [0.15, 0.2) is 5.65 Å². The molecule has 3 unspecified atom stereocenters. The zero-order chi connectivity index (χ0) is 28.2. The van der Waals surface area contributed by atoms with Gasteiger partial charge in [-0.25, -0.2) is 22.4 Å². The Balaban J connectivity index is 0.000000240. The van der Waals surface area contributed by atoms with Crippen molar-refractivity contribution in [3.63, 3.8) is 0 Å². The SMILES string of the molecule is Cc1ccc(S(=O)(=O)O)cc1.Cc1nc2cnc3c(ccn3S(=O)(=O)c3ccccc3)c2n1C1CC2CCC1C2.O. The highest BCUT2D eigenvalue weighted by Crippen LogP contribution is 2.52. The van der Waals surface area contributed by atoms with Gasteiger partial charge in [0, 0.05) is 17.6 Å². The first-order valence-corrected chi connectivity index (χ1v) is 16.1. The Morgan fingerprint density at radius 1 is 0.878 bits per heavy atom. The minimum absolute atomic E-state index is 0. The molecule has 3 heterocycles. The Bertz CT molecular complexity index is 1930. The van der Waals surface area contributed by atoms with Crippen LogP contribution in [-0.2, 0) is 20.1 Å². The number of pyridine rings is 1. The second-order valence-electron chi connectivity index (χ2n) is 10.7. The van der Waals surface area contributed by atoms with Crippen LogP contribution in [0, 0.1) is 25.7 Å². The van der Waals surface area contributed by atoms with Gasteiger partial charge >= 0.3 is 0 Å². The van der Waals surface area contributed by atoms with Gasteiger partial charge in [-0.3, -0.25) is 4.55 Å². The average Bonchev–Trinajstić information content (AvgIpc) is 3.71. The highest BCUT2D eigenvalue weighted by Gasteiger charge is 2.41. The van der Waals surface area contributed by atoms with E-state index in [2.05, 4.69) is 16.5 Å². The molecule has 0 amide bonds. The van der Waals surface area contributed by atoms with E-state index in [9.17, 15) is 16.8 Å². The molecule has 0 saturated heterocycles. The Morgan fingerprint density at radius 2 is 1.59 bits per heavy atom. The molecule has 2 bridgehead atoms. The lowest BCUT2D eigenvalue weighted by molar-refractivity contribution is 0.332. The summed E-state index contributed by atoms with van der Waals surface area (Å²) >= 11 is 0. The van der Waals surface area contributed by atoms with Crippen molar-refractivity contribution >= 4 is 42.2 Å². The van der Waals surface area contributed by atoms with Gasteiger partial charge < -0.3 is 10.0 Å². The Hall–Kier alpha value is -3.58. The van der Waals surface area contributed by atoms with Crippen molar-refractivity contribution in [2.75, 3.05) is 0 Å². The van der Waals surface area contributed by atoms with Gasteiger partial charge in [-0.15, -0.1) is 0 Å². The van der Waals surface area contributed by atoms with Crippen LogP contribution >= 0.6 is 0 Å². The lowest BCUT2D eigenvalue weighted by atomic mass is 9.95. The molecule has 41 heavy (non-hydrogen) atoms. The van der Waals surface area contributed by atoms with Gasteiger partial charge in [-0.2, -0.15) is 8.42 Å². The predicted molar refractivity (Wildman–Crippen MR) is 156 cm³/mol. The number of hydrogen-bond donors (Lipinski definition) is 1. The van der Waals surface area contributed by atoms with Crippen molar-refractivity contribution in [3.05, 3.63) is 84.4 Å². The number of nitrogens with zero attached hydrogens (tertiary/aromatic N) is 4. The Kier molecular flexibility index (Phi) is 7.53. The van der Waals surface area contributed by atoms with Crippen LogP contribution in [0.15, 0.2) is 82.8 Å². The monoisotopic (exact) mass is 596 g/mol. The predicted octanol–water partition coefficient (Wildman–Crippen LogP) is 4.71. The van der Waals surface area contributed by atoms with Crippen molar-refractivity contribution in [1.82, 2.24) is 18.5 Å². The van der Waals surface area contributed by atoms with Crippen molar-refractivity contribution in [2.24, 2.45) is 11.8 Å². The van der Waals surface area contributed by atoms with Crippen molar-refractivity contribution < 1.29 is 26.9 Å². The second kappa shape index (κ2) is 10.7. The third-order valence-corrected chi connectivity index (χ3v) is 10.7. The highest BCUT2D eigenvalue weighted by atomic mass is 32.2. The molecule has 216 valence electrons. The van der Waals surface area contributed by atoms with Crippen molar-refractivity contribution in [1.29, 1.82) is 0 Å². The Morgan fingerprint density at radius 3 is 2.20 bits per heavy atom. The molecule has 0 spiro atoms. The maximum Gasteiger partial charge on any atom is 0.294 e. The summed E-state index contributed by atoms with van der Waals surface area (Å²) in [6.07, 6.45) is 8.46. The van der Waals surface area contributed by atoms with Gasteiger partial charge in [0.2, 0.25) is 0 Å². The zero-order valence-corrected chi connectivity index (χ0v) is 24.3. The summed E-state index contributed by atoms with van der Waals surface area (Å²) in [4.78, 5) is 9.46. The average molecular weight is 597 g/mol. The van der Waals surface area contributed by atoms with E-state index < -0.39 is 20.1 Å². The molecule has 2 fully saturated rings. The lowest BCUT2D eigenvalue weighted by Gasteiger charge is -2.25. The van der Waals surface area contributed by atoms with Crippen LogP contribution in [0.2, 0.25) is 0 Å². The van der Waals surface area contributed by atoms with Crippen molar-refractivity contribution in [2.45, 2.75) is 55.4 Å². The molecule has 0 aliphatic heterocycles. The fourth-order valence-corrected chi connectivity index (χ4v) is 8.11. The van der Waals surface area contributed by atoms with Crippen LogP contribution in [0.5, 0.6) is 0 Å². The van der Waals surface area contributed by atoms with E-state index in [1.54, 1.807) is 48.8 Å². The largest absolute Gasteiger partial charge is 0.412 e. The van der Waals surface area contributed by atoms with E-state index in [1.807, 2.05) is 19.1 Å². The van der Waals surface area contributed by atoms with Gasteiger partial charge in [0.1, 0.15) is 11.3 Å². The van der Waals surface area contributed by atoms with Crippen molar-refractivity contribution in [3.8, 4) is 0 Å². The maximum atomic E-state index is 13.2. The molecule has 3 aromatic heterocycles. The first-order chi connectivity index (χ1) is 19.0. The van der Waals surface area contributed by atoms with E-state index in [4.69, 9.17) is 9.54 Å². The first kappa shape index (κ1) is 28.9. The summed E-state index contributed by atoms with van der Waals surface area (Å²) in [5.41, 5.74) is 3.28. The summed E-state index contributed by atoms with van der Waals surface area (Å²) in [6.45, 7) is 3.89. The van der Waals surface area contributed by atoms with Crippen LogP contribution in [0.3, 0.4) is 0 Å². The minimum Gasteiger partial charge on any atom is -0.412 e. The smallest absolute Gasteiger partial charge is 0.294 e. The number of aryl methyl sites for hydroxylation is 2. The number of hydrogen-bond acceptors (Lipinski definition) is 6. The number of rotatable bonds is 4. The van der Waals surface area contributed by atoms with Crippen LogP contribution in [0.1, 0.15) is 43.1 Å². The zero-order valence-electron chi connectivity index (χ0n) is 22.7. The summed E-state index contributed by atoms with van der Waals surface area (Å²) in [5.74, 6) is 2.52. The first-order valence-electron chi connectivity index (χ1n) is 13.2. The standard InChI is InChI=1S/C22H22N4O2S.C7H8O3S.H2O/c1-14-24-19-13-23-22-18(21(19)26(14)20-12-15-7-8-16(20)11-15)9-10-25(22)29(27,28)17-5-3-2-4-6-17;1-6-2-4-7(5-3-6)11(8,9)10;/h2-6,9-10,13,15-16,20H,7-8,11-12H2,1H3;2-5H,1H3,(H,8,9,10);1H2. The van der Waals surface area contributed by atoms with E-state index in [1.165, 1.54) is 41.8 Å². The van der Waals surface area contributed by atoms with Crippen LogP contribution < -0.4 is 0 Å². The normalized spacial score (nSPS) is 20.1. The molecule has 3 N–H and O–H groups in total. The maximum absolute atomic E-state index is 13.2. The fraction of sp³-hybridized carbons (Fsp3) is 0.310. The Labute approximate surface area is 238 Å². The molecule has 3 atom stereocenters. The topological polar surface area (TPSA) is 156 Å². The molecule has 5 aromatic rings. The number of imidazole rings is 1. The molecule has 2 saturated carbocycles. The molecular formula is C29H32N4O6S2. The number of benzene rings is 2.